The highest BCUT2D eigenvalue weighted by atomic mass is 16.1. The number of aromatic nitrogens is 1. The Morgan fingerprint density at radius 3 is 2.73 bits per heavy atom. The molecule has 1 rings (SSSR count). The van der Waals surface area contributed by atoms with E-state index in [4.69, 9.17) is 0 Å². The average molecular weight is 148 g/mol. The van der Waals surface area contributed by atoms with Gasteiger partial charge >= 0.3 is 0 Å². The van der Waals surface area contributed by atoms with Gasteiger partial charge in [-0.25, -0.2) is 0 Å². The van der Waals surface area contributed by atoms with Crippen LogP contribution in [0, 0.1) is 0 Å². The van der Waals surface area contributed by atoms with Crippen LogP contribution >= 0.6 is 0 Å². The normalized spacial score (nSPS) is 11.1. The molecule has 0 aromatic carbocycles. The second kappa shape index (κ2) is 2.82. The van der Waals surface area contributed by atoms with E-state index in [9.17, 15) is 4.79 Å². The lowest BCUT2D eigenvalue weighted by Gasteiger charge is -2.14. The van der Waals surface area contributed by atoms with Gasteiger partial charge in [-0.05, 0) is 25.5 Å². The number of rotatable bonds is 2. The lowest BCUT2D eigenvalue weighted by atomic mass is 9.88. The maximum Gasteiger partial charge on any atom is 0.209 e. The fourth-order valence-electron chi connectivity index (χ4n) is 0.791. The third kappa shape index (κ3) is 1.64. The van der Waals surface area contributed by atoms with E-state index in [0.29, 0.717) is 0 Å². The van der Waals surface area contributed by atoms with Gasteiger partial charge in [-0.15, -0.1) is 0 Å². The quantitative estimate of drug-likeness (QED) is 0.635. The third-order valence-electron chi connectivity index (χ3n) is 1.64. The van der Waals surface area contributed by atoms with Gasteiger partial charge in [0.05, 0.1) is 5.41 Å². The number of hydrogen-bond acceptors (Lipinski definition) is 2. The molecule has 0 aliphatic carbocycles. The molecule has 0 spiro atoms. The monoisotopic (exact) mass is 148 g/mol. The van der Waals surface area contributed by atoms with E-state index in [1.807, 2.05) is 32.3 Å². The Morgan fingerprint density at radius 2 is 2.27 bits per heavy atom. The summed E-state index contributed by atoms with van der Waals surface area (Å²) in [7, 11) is 0. The first-order valence-electron chi connectivity index (χ1n) is 3.46. The summed E-state index contributed by atoms with van der Waals surface area (Å²) < 4.78 is 0. The van der Waals surface area contributed by atoms with Crippen LogP contribution in [0.5, 0.6) is 0 Å². The molecule has 11 heavy (non-hydrogen) atoms. The van der Waals surface area contributed by atoms with E-state index >= 15 is 0 Å². The highest BCUT2D eigenvalue weighted by Gasteiger charge is 2.20. The molecule has 57 valence electrons. The first kappa shape index (κ1) is 7.92. The van der Waals surface area contributed by atoms with E-state index < -0.39 is 5.41 Å². The summed E-state index contributed by atoms with van der Waals surface area (Å²) in [6.45, 7) is 3.63. The van der Waals surface area contributed by atoms with Crippen LogP contribution in [0.3, 0.4) is 0 Å². The molecule has 0 saturated carbocycles. The fraction of sp³-hybridized carbons (Fsp3) is 0.333. The molecule has 0 bridgehead atoms. The van der Waals surface area contributed by atoms with Crippen molar-refractivity contribution in [1.29, 1.82) is 0 Å². The minimum absolute atomic E-state index is 0.533. The Bertz CT molecular complexity index is 241. The summed E-state index contributed by atoms with van der Waals surface area (Å²) in [5.41, 5.74) is 0.365. The summed E-state index contributed by atoms with van der Waals surface area (Å²) in [5.74, 6) is 0. The highest BCUT2D eigenvalue weighted by molar-refractivity contribution is 5.67. The molecule has 1 aromatic heterocycles. The molecule has 2 nitrogen and oxygen atoms in total. The Kier molecular flexibility index (Phi) is 2.03. The van der Waals surface area contributed by atoms with Crippen molar-refractivity contribution in [1.82, 2.24) is 4.98 Å². The van der Waals surface area contributed by atoms with Crippen molar-refractivity contribution in [3.05, 3.63) is 30.1 Å². The molecule has 1 aromatic rings. The van der Waals surface area contributed by atoms with Crippen LogP contribution < -0.4 is 0 Å². The largest absolute Gasteiger partial charge is 0.290 e. The third-order valence-corrected chi connectivity index (χ3v) is 1.64. The van der Waals surface area contributed by atoms with Gasteiger partial charge in [0.15, 0.2) is 0 Å². The fourth-order valence-corrected chi connectivity index (χ4v) is 0.791. The summed E-state index contributed by atoms with van der Waals surface area (Å²) in [6, 6.07) is 3.69. The molecule has 0 fully saturated rings. The molecule has 2 heteroatoms. The van der Waals surface area contributed by atoms with E-state index in [-0.39, 0.29) is 0 Å². The van der Waals surface area contributed by atoms with Crippen molar-refractivity contribution in [2.75, 3.05) is 0 Å². The van der Waals surface area contributed by atoms with Crippen LogP contribution in [-0.2, 0) is 10.2 Å². The highest BCUT2D eigenvalue weighted by Crippen LogP contribution is 2.18. The van der Waals surface area contributed by atoms with Crippen LogP contribution in [0.15, 0.2) is 24.5 Å². The van der Waals surface area contributed by atoms with Gasteiger partial charge in [0, 0.05) is 12.4 Å². The molecule has 0 amide bonds. The smallest absolute Gasteiger partial charge is 0.209 e. The Balaban J connectivity index is 3.02. The number of hydrogen-bond donors (Lipinski definition) is 0. The van der Waals surface area contributed by atoms with Gasteiger partial charge in [-0.1, -0.05) is 6.07 Å². The molecule has 0 atom stereocenters. The van der Waals surface area contributed by atoms with Crippen molar-refractivity contribution < 1.29 is 4.79 Å². The number of pyridine rings is 1. The lowest BCUT2D eigenvalue weighted by Crippen LogP contribution is -2.18. The molecular formula is C9H10NO. The standard InChI is InChI=1S/C9H10NO/c1-9(2,7-11)8-4-3-5-10-6-8/h3-6H,1-2H3. The minimum Gasteiger partial charge on any atom is -0.290 e. The molecule has 0 aliphatic rings. The Hall–Kier alpha value is -1.18. The predicted molar refractivity (Wildman–Crippen MR) is 43.0 cm³/mol. The molecule has 0 aliphatic heterocycles. The summed E-state index contributed by atoms with van der Waals surface area (Å²) in [6.07, 6.45) is 5.34. The van der Waals surface area contributed by atoms with Crippen LogP contribution in [0.25, 0.3) is 0 Å². The van der Waals surface area contributed by atoms with Crippen LogP contribution in [-0.4, -0.2) is 11.3 Å². The van der Waals surface area contributed by atoms with Crippen molar-refractivity contribution in [3.63, 3.8) is 0 Å². The van der Waals surface area contributed by atoms with Crippen molar-refractivity contribution in [3.8, 4) is 0 Å². The van der Waals surface area contributed by atoms with E-state index in [2.05, 4.69) is 4.98 Å². The van der Waals surface area contributed by atoms with Gasteiger partial charge in [-0.3, -0.25) is 9.78 Å². The van der Waals surface area contributed by atoms with Gasteiger partial charge in [-0.2, -0.15) is 0 Å². The molecular weight excluding hydrogens is 138 g/mol. The zero-order valence-electron chi connectivity index (χ0n) is 6.66. The van der Waals surface area contributed by atoms with Gasteiger partial charge in [0.1, 0.15) is 0 Å². The topological polar surface area (TPSA) is 30.0 Å². The Morgan fingerprint density at radius 1 is 1.55 bits per heavy atom. The Labute approximate surface area is 66.3 Å². The first-order valence-corrected chi connectivity index (χ1v) is 3.46. The SMILES string of the molecule is CC(C)([C]=O)c1cccnc1. The van der Waals surface area contributed by atoms with Crippen LogP contribution in [0.2, 0.25) is 0 Å². The van der Waals surface area contributed by atoms with Crippen molar-refractivity contribution in [2.24, 2.45) is 0 Å². The summed E-state index contributed by atoms with van der Waals surface area (Å²) in [5, 5.41) is 0. The molecule has 1 radical (unpaired) electrons. The predicted octanol–water partition coefficient (Wildman–Crippen LogP) is 1.47. The maximum absolute atomic E-state index is 10.5. The first-order chi connectivity index (χ1) is 5.17. The zero-order valence-corrected chi connectivity index (χ0v) is 6.66. The van der Waals surface area contributed by atoms with E-state index in [0.717, 1.165) is 5.56 Å². The zero-order chi connectivity index (χ0) is 8.32. The number of nitrogens with zero attached hydrogens (tertiary/aromatic N) is 1. The summed E-state index contributed by atoms with van der Waals surface area (Å²) >= 11 is 0. The van der Waals surface area contributed by atoms with Crippen LogP contribution in [0.1, 0.15) is 19.4 Å². The van der Waals surface area contributed by atoms with Crippen molar-refractivity contribution in [2.45, 2.75) is 19.3 Å². The van der Waals surface area contributed by atoms with E-state index in [1.165, 1.54) is 0 Å². The maximum atomic E-state index is 10.5. The molecule has 0 unspecified atom stereocenters. The second-order valence-corrected chi connectivity index (χ2v) is 2.97. The summed E-state index contributed by atoms with van der Waals surface area (Å²) in [4.78, 5) is 14.4. The molecule has 0 N–H and O–H groups in total. The lowest BCUT2D eigenvalue weighted by molar-refractivity contribution is 0.516. The van der Waals surface area contributed by atoms with Gasteiger partial charge in [0.2, 0.25) is 6.29 Å². The van der Waals surface area contributed by atoms with Crippen molar-refractivity contribution >= 4 is 6.29 Å². The number of carbonyl (C=O) groups excluding carboxylic acids is 1. The molecule has 1 heterocycles. The molecule has 0 saturated heterocycles. The van der Waals surface area contributed by atoms with Crippen LogP contribution in [0.4, 0.5) is 0 Å². The average Bonchev–Trinajstić information content (AvgIpc) is 2.06. The second-order valence-electron chi connectivity index (χ2n) is 2.97. The van der Waals surface area contributed by atoms with Gasteiger partial charge < -0.3 is 0 Å². The van der Waals surface area contributed by atoms with E-state index in [1.54, 1.807) is 12.4 Å². The van der Waals surface area contributed by atoms with Gasteiger partial charge in [0.25, 0.3) is 0 Å². The minimum atomic E-state index is -0.533.